The highest BCUT2D eigenvalue weighted by Gasteiger charge is 2.28. The lowest BCUT2D eigenvalue weighted by Gasteiger charge is -2.26. The number of carbonyl (C=O) groups is 2. The Kier molecular flexibility index (Phi) is 4.94. The van der Waals surface area contributed by atoms with E-state index in [-0.39, 0.29) is 22.7 Å². The van der Waals surface area contributed by atoms with E-state index in [2.05, 4.69) is 20.8 Å². The number of nitrogen functional groups attached to an aromatic ring is 1. The molecule has 2 aromatic carbocycles. The average Bonchev–Trinajstić information content (AvgIpc) is 3.30. The molecule has 0 spiro atoms. The van der Waals surface area contributed by atoms with Gasteiger partial charge in [-0.3, -0.25) is 14.7 Å². The third-order valence-corrected chi connectivity index (χ3v) is 4.87. The summed E-state index contributed by atoms with van der Waals surface area (Å²) in [6, 6.07) is 14.3. The van der Waals surface area contributed by atoms with E-state index in [1.165, 1.54) is 12.1 Å². The van der Waals surface area contributed by atoms with Crippen LogP contribution in [0.3, 0.4) is 0 Å². The van der Waals surface area contributed by atoms with Crippen LogP contribution < -0.4 is 16.4 Å². The van der Waals surface area contributed by atoms with Crippen LogP contribution in [0.5, 0.6) is 0 Å². The van der Waals surface area contributed by atoms with Crippen LogP contribution in [0.15, 0.2) is 59.0 Å². The van der Waals surface area contributed by atoms with Gasteiger partial charge in [-0.25, -0.2) is 4.39 Å². The van der Waals surface area contributed by atoms with Crippen molar-refractivity contribution in [2.45, 2.75) is 19.4 Å². The smallest absolute Gasteiger partial charge is 0.287 e. The maximum atomic E-state index is 14.2. The summed E-state index contributed by atoms with van der Waals surface area (Å²) >= 11 is 0. The van der Waals surface area contributed by atoms with Gasteiger partial charge in [0.25, 0.3) is 11.8 Å². The number of aromatic nitrogens is 2. The van der Waals surface area contributed by atoms with E-state index in [0.29, 0.717) is 16.8 Å². The highest BCUT2D eigenvalue weighted by Crippen LogP contribution is 2.27. The number of aromatic amines is 1. The van der Waals surface area contributed by atoms with Crippen molar-refractivity contribution < 1.29 is 18.4 Å². The molecule has 9 heteroatoms. The van der Waals surface area contributed by atoms with Gasteiger partial charge in [0.05, 0.1) is 11.1 Å². The van der Waals surface area contributed by atoms with Crippen LogP contribution in [0, 0.1) is 5.82 Å². The van der Waals surface area contributed by atoms with Gasteiger partial charge in [0.15, 0.2) is 17.2 Å². The number of halogens is 1. The van der Waals surface area contributed by atoms with Crippen molar-refractivity contribution in [3.8, 4) is 0 Å². The molecule has 0 aliphatic rings. The number of rotatable bonds is 5. The summed E-state index contributed by atoms with van der Waals surface area (Å²) in [6.45, 7) is 3.38. The van der Waals surface area contributed by atoms with Crippen LogP contribution in [-0.4, -0.2) is 22.0 Å². The zero-order valence-corrected chi connectivity index (χ0v) is 16.8. The Morgan fingerprint density at radius 1 is 1.10 bits per heavy atom. The molecule has 0 radical (unpaired) electrons. The number of para-hydroxylation sites is 1. The number of amides is 2. The molecule has 2 amide bonds. The number of carbonyl (C=O) groups excluding carboxylic acids is 2. The molecule has 158 valence electrons. The molecule has 0 unspecified atom stereocenters. The molecule has 0 saturated carbocycles. The number of furan rings is 1. The predicted molar refractivity (Wildman–Crippen MR) is 114 cm³/mol. The summed E-state index contributed by atoms with van der Waals surface area (Å²) in [7, 11) is 0. The first kappa shape index (κ1) is 20.1. The summed E-state index contributed by atoms with van der Waals surface area (Å²) < 4.78 is 19.8. The molecular formula is C22H20FN5O3. The van der Waals surface area contributed by atoms with E-state index < -0.39 is 23.2 Å². The first-order valence-electron chi connectivity index (χ1n) is 9.47. The number of hydrogen-bond donors (Lipinski definition) is 4. The van der Waals surface area contributed by atoms with Crippen LogP contribution in [0.1, 0.15) is 40.3 Å². The van der Waals surface area contributed by atoms with Crippen LogP contribution in [0.4, 0.5) is 15.9 Å². The van der Waals surface area contributed by atoms with Crippen molar-refractivity contribution >= 4 is 34.4 Å². The molecule has 31 heavy (non-hydrogen) atoms. The topological polar surface area (TPSA) is 126 Å². The number of anilines is 2. The minimum atomic E-state index is -0.983. The van der Waals surface area contributed by atoms with Gasteiger partial charge in [0.2, 0.25) is 0 Å². The quantitative estimate of drug-likeness (QED) is 0.365. The van der Waals surface area contributed by atoms with Gasteiger partial charge in [0, 0.05) is 17.3 Å². The zero-order valence-electron chi connectivity index (χ0n) is 16.8. The van der Waals surface area contributed by atoms with Crippen molar-refractivity contribution in [3.63, 3.8) is 0 Å². The maximum absolute atomic E-state index is 14.2. The summed E-state index contributed by atoms with van der Waals surface area (Å²) in [4.78, 5) is 25.2. The Hall–Kier alpha value is -4.14. The number of nitrogens with one attached hydrogen (secondary N) is 3. The third kappa shape index (κ3) is 3.85. The van der Waals surface area contributed by atoms with Crippen molar-refractivity contribution in [1.82, 2.24) is 15.5 Å². The molecule has 4 aromatic rings. The predicted octanol–water partition coefficient (Wildman–Crippen LogP) is 3.79. The minimum Gasteiger partial charge on any atom is -0.445 e. The number of nitrogens with two attached hydrogens (primary N) is 1. The Morgan fingerprint density at radius 3 is 2.55 bits per heavy atom. The summed E-state index contributed by atoms with van der Waals surface area (Å²) in [5, 5.41) is 12.1. The van der Waals surface area contributed by atoms with Crippen molar-refractivity contribution in [2.75, 3.05) is 11.1 Å². The zero-order chi connectivity index (χ0) is 22.2. The lowest BCUT2D eigenvalue weighted by molar-refractivity contribution is 0.0884. The van der Waals surface area contributed by atoms with Crippen molar-refractivity contribution in [3.05, 3.63) is 77.3 Å². The normalized spacial score (nSPS) is 11.5. The molecule has 0 bridgehead atoms. The van der Waals surface area contributed by atoms with E-state index in [0.717, 1.165) is 0 Å². The summed E-state index contributed by atoms with van der Waals surface area (Å²) in [5.74, 6) is -1.32. The highest BCUT2D eigenvalue weighted by molar-refractivity contribution is 6.10. The number of nitrogens with zero attached hydrogens (tertiary/aromatic N) is 1. The van der Waals surface area contributed by atoms with Gasteiger partial charge in [-0.2, -0.15) is 5.10 Å². The number of H-pyrrole nitrogens is 1. The van der Waals surface area contributed by atoms with Crippen LogP contribution in [0.2, 0.25) is 0 Å². The third-order valence-electron chi connectivity index (χ3n) is 4.87. The van der Waals surface area contributed by atoms with Crippen molar-refractivity contribution in [1.29, 1.82) is 0 Å². The first-order chi connectivity index (χ1) is 14.8. The molecule has 0 atom stereocenters. The molecule has 0 fully saturated rings. The van der Waals surface area contributed by atoms with Crippen LogP contribution in [-0.2, 0) is 5.54 Å². The van der Waals surface area contributed by atoms with Gasteiger partial charge in [-0.15, -0.1) is 0 Å². The number of fused-ring (bicyclic) bond motifs is 1. The van der Waals surface area contributed by atoms with Gasteiger partial charge < -0.3 is 20.8 Å². The highest BCUT2D eigenvalue weighted by atomic mass is 19.1. The van der Waals surface area contributed by atoms with Gasteiger partial charge >= 0.3 is 0 Å². The molecule has 8 nitrogen and oxygen atoms in total. The van der Waals surface area contributed by atoms with Crippen LogP contribution in [0.25, 0.3) is 11.1 Å². The molecule has 2 aromatic heterocycles. The van der Waals surface area contributed by atoms with E-state index in [9.17, 15) is 14.0 Å². The minimum absolute atomic E-state index is 0.0113. The van der Waals surface area contributed by atoms with Gasteiger partial charge in [-0.1, -0.05) is 30.3 Å². The van der Waals surface area contributed by atoms with E-state index >= 15 is 0 Å². The lowest BCUT2D eigenvalue weighted by atomic mass is 9.93. The fourth-order valence-electron chi connectivity index (χ4n) is 3.27. The molecule has 0 saturated heterocycles. The second-order valence-electron chi connectivity index (χ2n) is 7.53. The molecular weight excluding hydrogens is 401 g/mol. The molecule has 0 aliphatic carbocycles. The largest absolute Gasteiger partial charge is 0.445 e. The Balaban J connectivity index is 1.56. The maximum Gasteiger partial charge on any atom is 0.287 e. The standard InChI is InChI=1S/C22H20FN5O3/c1-22(2,13-8-4-5-9-14(13)23)26-21(30)17-11-16-18(31-17)19(28-27-16)25-20(29)12-7-3-6-10-15(12)24/h3-11H,24H2,1-2H3,(H,26,30)(H2,25,27,28,29). The second-order valence-corrected chi connectivity index (χ2v) is 7.53. The SMILES string of the molecule is CC(C)(NC(=O)c1cc2[nH]nc(NC(=O)c3ccccc3N)c2o1)c1ccccc1F. The Morgan fingerprint density at radius 2 is 1.81 bits per heavy atom. The second kappa shape index (κ2) is 7.60. The monoisotopic (exact) mass is 421 g/mol. The van der Waals surface area contributed by atoms with Gasteiger partial charge in [0.1, 0.15) is 11.3 Å². The molecule has 2 heterocycles. The van der Waals surface area contributed by atoms with E-state index in [1.54, 1.807) is 56.3 Å². The van der Waals surface area contributed by atoms with E-state index in [1.807, 2.05) is 0 Å². The Labute approximate surface area is 176 Å². The summed E-state index contributed by atoms with van der Waals surface area (Å²) in [5.41, 5.74) is 6.43. The van der Waals surface area contributed by atoms with Crippen LogP contribution >= 0.6 is 0 Å². The number of hydrogen-bond acceptors (Lipinski definition) is 5. The van der Waals surface area contributed by atoms with Crippen molar-refractivity contribution in [2.24, 2.45) is 0 Å². The van der Waals surface area contributed by atoms with Gasteiger partial charge in [-0.05, 0) is 32.0 Å². The molecule has 4 rings (SSSR count). The fourth-order valence-corrected chi connectivity index (χ4v) is 3.27. The Bertz CT molecular complexity index is 1290. The average molecular weight is 421 g/mol. The van der Waals surface area contributed by atoms with E-state index in [4.69, 9.17) is 10.2 Å². The summed E-state index contributed by atoms with van der Waals surface area (Å²) in [6.07, 6.45) is 0. The molecule has 0 aliphatic heterocycles. The lowest BCUT2D eigenvalue weighted by Crippen LogP contribution is -2.41. The number of benzene rings is 2. The molecule has 5 N–H and O–H groups in total. The fraction of sp³-hybridized carbons (Fsp3) is 0.136. The first-order valence-corrected chi connectivity index (χ1v) is 9.47.